The third-order valence-corrected chi connectivity index (χ3v) is 3.22. The first-order valence-corrected chi connectivity index (χ1v) is 6.55. The number of carbonyl (C=O) groups excluding carboxylic acids is 1. The van der Waals surface area contributed by atoms with Crippen molar-refractivity contribution in [3.8, 4) is 0 Å². The standard InChI is InChI=1S/C12H22N2O3/c15-12(7-11-8-13-4-6-17-11)14-9-10-3-1-2-5-16-10/h10-11,13H,1-9H2,(H,14,15). The Hall–Kier alpha value is -0.650. The van der Waals surface area contributed by atoms with Gasteiger partial charge >= 0.3 is 0 Å². The summed E-state index contributed by atoms with van der Waals surface area (Å²) in [7, 11) is 0. The Bertz CT molecular complexity index is 236. The molecule has 2 rings (SSSR count). The van der Waals surface area contributed by atoms with Gasteiger partial charge in [-0.1, -0.05) is 0 Å². The lowest BCUT2D eigenvalue weighted by Gasteiger charge is -2.25. The number of morpholine rings is 1. The maximum atomic E-state index is 11.7. The molecule has 2 saturated heterocycles. The molecule has 0 radical (unpaired) electrons. The molecule has 2 fully saturated rings. The topological polar surface area (TPSA) is 59.6 Å². The van der Waals surface area contributed by atoms with Crippen LogP contribution in [-0.2, 0) is 14.3 Å². The molecule has 2 heterocycles. The molecule has 5 nitrogen and oxygen atoms in total. The van der Waals surface area contributed by atoms with Crippen LogP contribution in [0.25, 0.3) is 0 Å². The van der Waals surface area contributed by atoms with Crippen LogP contribution in [0.5, 0.6) is 0 Å². The summed E-state index contributed by atoms with van der Waals surface area (Å²) >= 11 is 0. The molecule has 1 amide bonds. The van der Waals surface area contributed by atoms with E-state index in [9.17, 15) is 4.79 Å². The fraction of sp³-hybridized carbons (Fsp3) is 0.917. The highest BCUT2D eigenvalue weighted by Gasteiger charge is 2.19. The number of nitrogens with one attached hydrogen (secondary N) is 2. The summed E-state index contributed by atoms with van der Waals surface area (Å²) in [6.07, 6.45) is 4.08. The second-order valence-corrected chi connectivity index (χ2v) is 4.69. The fourth-order valence-corrected chi connectivity index (χ4v) is 2.23. The van der Waals surface area contributed by atoms with Gasteiger partial charge in [-0.2, -0.15) is 0 Å². The van der Waals surface area contributed by atoms with E-state index in [0.29, 0.717) is 19.6 Å². The van der Waals surface area contributed by atoms with Crippen LogP contribution in [0.2, 0.25) is 0 Å². The zero-order valence-electron chi connectivity index (χ0n) is 10.2. The molecule has 2 unspecified atom stereocenters. The van der Waals surface area contributed by atoms with E-state index in [4.69, 9.17) is 9.47 Å². The lowest BCUT2D eigenvalue weighted by Crippen LogP contribution is -2.42. The summed E-state index contributed by atoms with van der Waals surface area (Å²) in [5.41, 5.74) is 0. The number of hydrogen-bond acceptors (Lipinski definition) is 4. The largest absolute Gasteiger partial charge is 0.376 e. The van der Waals surface area contributed by atoms with Crippen LogP contribution in [-0.4, -0.2) is 51.0 Å². The quantitative estimate of drug-likeness (QED) is 0.731. The Morgan fingerprint density at radius 2 is 2.12 bits per heavy atom. The average molecular weight is 242 g/mol. The Balaban J connectivity index is 1.59. The highest BCUT2D eigenvalue weighted by atomic mass is 16.5. The van der Waals surface area contributed by atoms with Crippen molar-refractivity contribution in [2.24, 2.45) is 0 Å². The maximum absolute atomic E-state index is 11.7. The second-order valence-electron chi connectivity index (χ2n) is 4.69. The molecular formula is C12H22N2O3. The van der Waals surface area contributed by atoms with Crippen molar-refractivity contribution in [1.82, 2.24) is 10.6 Å². The van der Waals surface area contributed by atoms with Gasteiger partial charge in [0.2, 0.25) is 5.91 Å². The van der Waals surface area contributed by atoms with Crippen LogP contribution >= 0.6 is 0 Å². The van der Waals surface area contributed by atoms with Crippen molar-refractivity contribution in [2.75, 3.05) is 32.8 Å². The molecule has 2 atom stereocenters. The Morgan fingerprint density at radius 3 is 2.82 bits per heavy atom. The number of ether oxygens (including phenoxy) is 2. The minimum absolute atomic E-state index is 0.0241. The zero-order chi connectivity index (χ0) is 11.9. The summed E-state index contributed by atoms with van der Waals surface area (Å²) in [4.78, 5) is 11.7. The van der Waals surface area contributed by atoms with Gasteiger partial charge in [-0.3, -0.25) is 4.79 Å². The summed E-state index contributed by atoms with van der Waals surface area (Å²) in [6.45, 7) is 3.82. The van der Waals surface area contributed by atoms with Gasteiger partial charge in [0.05, 0.1) is 25.2 Å². The third-order valence-electron chi connectivity index (χ3n) is 3.22. The minimum atomic E-state index is 0.0241. The van der Waals surface area contributed by atoms with Crippen LogP contribution < -0.4 is 10.6 Å². The highest BCUT2D eigenvalue weighted by Crippen LogP contribution is 2.11. The van der Waals surface area contributed by atoms with Gasteiger partial charge in [0.1, 0.15) is 0 Å². The van der Waals surface area contributed by atoms with Gasteiger partial charge in [-0.15, -0.1) is 0 Å². The molecule has 0 aromatic rings. The van der Waals surface area contributed by atoms with Gasteiger partial charge in [0, 0.05) is 26.2 Å². The Kier molecular flexibility index (Phi) is 5.22. The van der Waals surface area contributed by atoms with Gasteiger partial charge in [0.25, 0.3) is 0 Å². The summed E-state index contributed by atoms with van der Waals surface area (Å²) < 4.78 is 11.0. The lowest BCUT2D eigenvalue weighted by atomic mass is 10.1. The molecule has 17 heavy (non-hydrogen) atoms. The molecule has 2 aliphatic rings. The van der Waals surface area contributed by atoms with E-state index in [2.05, 4.69) is 10.6 Å². The number of carbonyl (C=O) groups is 1. The van der Waals surface area contributed by atoms with E-state index in [1.807, 2.05) is 0 Å². The van der Waals surface area contributed by atoms with E-state index in [0.717, 1.165) is 32.5 Å². The maximum Gasteiger partial charge on any atom is 0.222 e. The van der Waals surface area contributed by atoms with Crippen LogP contribution in [0.4, 0.5) is 0 Å². The van der Waals surface area contributed by atoms with E-state index in [1.54, 1.807) is 0 Å². The molecule has 0 spiro atoms. The minimum Gasteiger partial charge on any atom is -0.376 e. The molecular weight excluding hydrogens is 220 g/mol. The van der Waals surface area contributed by atoms with Crippen LogP contribution in [0.1, 0.15) is 25.7 Å². The first-order valence-electron chi connectivity index (χ1n) is 6.55. The van der Waals surface area contributed by atoms with E-state index < -0.39 is 0 Å². The van der Waals surface area contributed by atoms with Gasteiger partial charge in [0.15, 0.2) is 0 Å². The van der Waals surface area contributed by atoms with Gasteiger partial charge in [-0.25, -0.2) is 0 Å². The molecule has 0 aliphatic carbocycles. The molecule has 5 heteroatoms. The normalized spacial score (nSPS) is 29.9. The average Bonchev–Trinajstić information content (AvgIpc) is 2.39. The van der Waals surface area contributed by atoms with Crippen molar-refractivity contribution in [1.29, 1.82) is 0 Å². The molecule has 0 aromatic carbocycles. The first-order chi connectivity index (χ1) is 8.34. The van der Waals surface area contributed by atoms with Crippen molar-refractivity contribution in [2.45, 2.75) is 37.9 Å². The Morgan fingerprint density at radius 1 is 1.24 bits per heavy atom. The van der Waals surface area contributed by atoms with Crippen LogP contribution in [0, 0.1) is 0 Å². The van der Waals surface area contributed by atoms with Crippen LogP contribution in [0.3, 0.4) is 0 Å². The third kappa shape index (κ3) is 4.61. The van der Waals surface area contributed by atoms with Crippen molar-refractivity contribution in [3.63, 3.8) is 0 Å². The summed E-state index contributed by atoms with van der Waals surface area (Å²) in [5.74, 6) is 0.0628. The molecule has 0 aromatic heterocycles. The second kappa shape index (κ2) is 6.93. The summed E-state index contributed by atoms with van der Waals surface area (Å²) in [5, 5.41) is 6.14. The smallest absolute Gasteiger partial charge is 0.222 e. The Labute approximate surface area is 102 Å². The predicted octanol–water partition coefficient (Wildman–Crippen LogP) is 0.0502. The highest BCUT2D eigenvalue weighted by molar-refractivity contribution is 5.76. The lowest BCUT2D eigenvalue weighted by molar-refractivity contribution is -0.125. The van der Waals surface area contributed by atoms with E-state index in [1.165, 1.54) is 6.42 Å². The molecule has 2 aliphatic heterocycles. The number of rotatable bonds is 4. The molecule has 2 N–H and O–H groups in total. The first kappa shape index (κ1) is 12.8. The SMILES string of the molecule is O=C(CC1CNCCO1)NCC1CCCCO1. The number of amides is 1. The monoisotopic (exact) mass is 242 g/mol. The summed E-state index contributed by atoms with van der Waals surface area (Å²) in [6, 6.07) is 0. The number of hydrogen-bond donors (Lipinski definition) is 2. The molecule has 98 valence electrons. The van der Waals surface area contributed by atoms with Crippen molar-refractivity contribution < 1.29 is 14.3 Å². The van der Waals surface area contributed by atoms with Crippen molar-refractivity contribution in [3.05, 3.63) is 0 Å². The zero-order valence-corrected chi connectivity index (χ0v) is 10.2. The molecule has 0 saturated carbocycles. The predicted molar refractivity (Wildman–Crippen MR) is 63.8 cm³/mol. The van der Waals surface area contributed by atoms with E-state index in [-0.39, 0.29) is 18.1 Å². The van der Waals surface area contributed by atoms with Gasteiger partial charge in [-0.05, 0) is 19.3 Å². The van der Waals surface area contributed by atoms with E-state index >= 15 is 0 Å². The van der Waals surface area contributed by atoms with Crippen molar-refractivity contribution >= 4 is 5.91 Å². The van der Waals surface area contributed by atoms with Crippen LogP contribution in [0.15, 0.2) is 0 Å². The molecule has 0 bridgehead atoms. The van der Waals surface area contributed by atoms with Gasteiger partial charge < -0.3 is 20.1 Å². The fourth-order valence-electron chi connectivity index (χ4n) is 2.23.